The van der Waals surface area contributed by atoms with Crippen molar-refractivity contribution in [3.63, 3.8) is 0 Å². The van der Waals surface area contributed by atoms with E-state index in [0.29, 0.717) is 10.1 Å². The van der Waals surface area contributed by atoms with E-state index in [1.165, 1.54) is 11.3 Å². The van der Waals surface area contributed by atoms with Crippen molar-refractivity contribution < 1.29 is 22.7 Å². The lowest BCUT2D eigenvalue weighted by atomic mass is 10.2. The van der Waals surface area contributed by atoms with Crippen molar-refractivity contribution in [1.82, 2.24) is 10.2 Å². The molecule has 0 atom stereocenters. The highest BCUT2D eigenvalue weighted by molar-refractivity contribution is 7.18. The summed E-state index contributed by atoms with van der Waals surface area (Å²) < 4.78 is 39.9. The second kappa shape index (κ2) is 7.32. The Kier molecular flexibility index (Phi) is 5.45. The largest absolute Gasteiger partial charge is 0.411 e. The number of benzene rings is 1. The fourth-order valence-electron chi connectivity index (χ4n) is 1.51. The molecule has 22 heavy (non-hydrogen) atoms. The van der Waals surface area contributed by atoms with Crippen LogP contribution in [0.4, 0.5) is 18.3 Å². The maximum absolute atomic E-state index is 11.8. The SMILES string of the molecule is O=C(CCOCC(F)(F)F)Nc1nnc(-c2ccccc2)s1. The lowest BCUT2D eigenvalue weighted by Crippen LogP contribution is -2.20. The number of nitrogens with one attached hydrogen (secondary N) is 1. The van der Waals surface area contributed by atoms with E-state index in [1.54, 1.807) is 0 Å². The smallest absolute Gasteiger partial charge is 0.372 e. The minimum absolute atomic E-state index is 0.184. The molecule has 5 nitrogen and oxygen atoms in total. The highest BCUT2D eigenvalue weighted by Crippen LogP contribution is 2.25. The van der Waals surface area contributed by atoms with Crippen molar-refractivity contribution in [2.24, 2.45) is 0 Å². The molecule has 2 rings (SSSR count). The molecule has 0 bridgehead atoms. The van der Waals surface area contributed by atoms with Gasteiger partial charge in [-0.05, 0) is 0 Å². The van der Waals surface area contributed by atoms with Gasteiger partial charge in [-0.3, -0.25) is 4.79 Å². The van der Waals surface area contributed by atoms with Crippen LogP contribution in [0.2, 0.25) is 0 Å². The van der Waals surface area contributed by atoms with Gasteiger partial charge in [-0.2, -0.15) is 13.2 Å². The second-order valence-corrected chi connectivity index (χ2v) is 5.22. The number of carbonyl (C=O) groups is 1. The Balaban J connectivity index is 1.79. The maximum atomic E-state index is 11.8. The van der Waals surface area contributed by atoms with Gasteiger partial charge in [0.05, 0.1) is 13.0 Å². The molecule has 0 radical (unpaired) electrons. The van der Waals surface area contributed by atoms with Gasteiger partial charge in [-0.25, -0.2) is 0 Å². The highest BCUT2D eigenvalue weighted by atomic mass is 32.1. The Morgan fingerprint density at radius 1 is 1.23 bits per heavy atom. The van der Waals surface area contributed by atoms with E-state index in [9.17, 15) is 18.0 Å². The summed E-state index contributed by atoms with van der Waals surface area (Å²) in [6, 6.07) is 9.29. The average molecular weight is 331 g/mol. The van der Waals surface area contributed by atoms with E-state index in [0.717, 1.165) is 5.56 Å². The van der Waals surface area contributed by atoms with Crippen LogP contribution in [0.25, 0.3) is 10.6 Å². The van der Waals surface area contributed by atoms with Crippen molar-refractivity contribution >= 4 is 22.4 Å². The molecule has 1 N–H and O–H groups in total. The number of halogens is 3. The van der Waals surface area contributed by atoms with Gasteiger partial charge in [0.15, 0.2) is 0 Å². The van der Waals surface area contributed by atoms with Crippen molar-refractivity contribution in [2.45, 2.75) is 12.6 Å². The van der Waals surface area contributed by atoms with Gasteiger partial charge in [0.1, 0.15) is 11.6 Å². The standard InChI is InChI=1S/C13H12F3N3O2S/c14-13(15,16)8-21-7-6-10(20)17-12-19-18-11(22-12)9-4-2-1-3-5-9/h1-5H,6-8H2,(H,17,19,20). The molecule has 1 aromatic heterocycles. The van der Waals surface area contributed by atoms with Crippen LogP contribution in [0.15, 0.2) is 30.3 Å². The van der Waals surface area contributed by atoms with Crippen LogP contribution in [0, 0.1) is 0 Å². The monoisotopic (exact) mass is 331 g/mol. The van der Waals surface area contributed by atoms with E-state index in [1.807, 2.05) is 30.3 Å². The lowest BCUT2D eigenvalue weighted by Gasteiger charge is -2.06. The fourth-order valence-corrected chi connectivity index (χ4v) is 2.27. The molecular weight excluding hydrogens is 319 g/mol. The summed E-state index contributed by atoms with van der Waals surface area (Å²) in [5, 5.41) is 11.2. The van der Waals surface area contributed by atoms with Gasteiger partial charge in [-0.1, -0.05) is 41.7 Å². The quantitative estimate of drug-likeness (QED) is 0.826. The molecule has 118 valence electrons. The number of hydrogen-bond donors (Lipinski definition) is 1. The van der Waals surface area contributed by atoms with E-state index >= 15 is 0 Å². The summed E-state index contributed by atoms with van der Waals surface area (Å²) in [7, 11) is 0. The van der Waals surface area contributed by atoms with Gasteiger partial charge in [0.2, 0.25) is 11.0 Å². The molecule has 1 amide bonds. The van der Waals surface area contributed by atoms with E-state index in [2.05, 4.69) is 20.3 Å². The van der Waals surface area contributed by atoms with Crippen molar-refractivity contribution in [2.75, 3.05) is 18.5 Å². The molecule has 0 aliphatic rings. The number of amides is 1. The number of rotatable bonds is 6. The summed E-state index contributed by atoms with van der Waals surface area (Å²) in [5.41, 5.74) is 0.869. The number of alkyl halides is 3. The van der Waals surface area contributed by atoms with Crippen LogP contribution in [0.3, 0.4) is 0 Å². The number of ether oxygens (including phenoxy) is 1. The van der Waals surface area contributed by atoms with Gasteiger partial charge in [0, 0.05) is 5.56 Å². The summed E-state index contributed by atoms with van der Waals surface area (Å²) in [6.45, 7) is -1.67. The summed E-state index contributed by atoms with van der Waals surface area (Å²) in [5.74, 6) is -0.474. The Hall–Kier alpha value is -2.00. The summed E-state index contributed by atoms with van der Waals surface area (Å²) >= 11 is 1.18. The molecule has 0 saturated heterocycles. The predicted molar refractivity (Wildman–Crippen MR) is 75.5 cm³/mol. The first kappa shape index (κ1) is 16.4. The van der Waals surface area contributed by atoms with Gasteiger partial charge < -0.3 is 10.1 Å². The number of nitrogens with zero attached hydrogens (tertiary/aromatic N) is 2. The molecule has 1 aromatic carbocycles. The normalized spacial score (nSPS) is 11.4. The Labute approximate surface area is 128 Å². The van der Waals surface area contributed by atoms with Crippen molar-refractivity contribution in [3.8, 4) is 10.6 Å². The minimum atomic E-state index is -4.39. The van der Waals surface area contributed by atoms with Crippen LogP contribution in [-0.2, 0) is 9.53 Å². The highest BCUT2D eigenvalue weighted by Gasteiger charge is 2.27. The molecule has 1 heterocycles. The van der Waals surface area contributed by atoms with Crippen LogP contribution >= 0.6 is 11.3 Å². The zero-order valence-corrected chi connectivity index (χ0v) is 12.1. The molecule has 0 saturated carbocycles. The zero-order valence-electron chi connectivity index (χ0n) is 11.3. The predicted octanol–water partition coefficient (Wildman–Crippen LogP) is 3.11. The maximum Gasteiger partial charge on any atom is 0.411 e. The van der Waals surface area contributed by atoms with Crippen LogP contribution in [-0.4, -0.2) is 35.5 Å². The molecule has 0 spiro atoms. The second-order valence-electron chi connectivity index (χ2n) is 4.24. The third-order valence-electron chi connectivity index (χ3n) is 2.43. The van der Waals surface area contributed by atoms with Crippen molar-refractivity contribution in [1.29, 1.82) is 0 Å². The molecular formula is C13H12F3N3O2S. The molecule has 0 aliphatic heterocycles. The molecule has 0 unspecified atom stereocenters. The van der Waals surface area contributed by atoms with Gasteiger partial charge in [-0.15, -0.1) is 10.2 Å². The van der Waals surface area contributed by atoms with Crippen LogP contribution in [0.1, 0.15) is 6.42 Å². The van der Waals surface area contributed by atoms with Crippen molar-refractivity contribution in [3.05, 3.63) is 30.3 Å². The van der Waals surface area contributed by atoms with E-state index in [4.69, 9.17) is 0 Å². The number of hydrogen-bond acceptors (Lipinski definition) is 5. The third-order valence-corrected chi connectivity index (χ3v) is 3.32. The van der Waals surface area contributed by atoms with Crippen LogP contribution < -0.4 is 5.32 Å². The summed E-state index contributed by atoms with van der Waals surface area (Å²) in [4.78, 5) is 11.5. The Morgan fingerprint density at radius 2 is 1.95 bits per heavy atom. The molecule has 2 aromatic rings. The fraction of sp³-hybridized carbons (Fsp3) is 0.308. The number of anilines is 1. The first-order valence-electron chi connectivity index (χ1n) is 6.27. The Morgan fingerprint density at radius 3 is 2.64 bits per heavy atom. The third kappa shape index (κ3) is 5.41. The zero-order chi connectivity index (χ0) is 16.0. The minimum Gasteiger partial charge on any atom is -0.372 e. The van der Waals surface area contributed by atoms with Gasteiger partial charge >= 0.3 is 6.18 Å². The summed E-state index contributed by atoms with van der Waals surface area (Å²) in [6.07, 6.45) is -4.57. The van der Waals surface area contributed by atoms with Gasteiger partial charge in [0.25, 0.3) is 0 Å². The van der Waals surface area contributed by atoms with E-state index < -0.39 is 18.7 Å². The Bertz CT molecular complexity index is 616. The average Bonchev–Trinajstić information content (AvgIpc) is 2.92. The first-order valence-corrected chi connectivity index (χ1v) is 7.09. The van der Waals surface area contributed by atoms with Crippen LogP contribution in [0.5, 0.6) is 0 Å². The first-order chi connectivity index (χ1) is 10.4. The number of carbonyl (C=O) groups excluding carboxylic acids is 1. The molecule has 0 fully saturated rings. The molecule has 0 aliphatic carbocycles. The van der Waals surface area contributed by atoms with E-state index in [-0.39, 0.29) is 13.0 Å². The lowest BCUT2D eigenvalue weighted by molar-refractivity contribution is -0.174. The topological polar surface area (TPSA) is 64.1 Å². The molecule has 9 heteroatoms. The number of aromatic nitrogens is 2.